The van der Waals surface area contributed by atoms with Crippen LogP contribution < -0.4 is 10.6 Å². The Kier molecular flexibility index (Phi) is 5.43. The first-order valence-corrected chi connectivity index (χ1v) is 8.86. The topological polar surface area (TPSA) is 57.1 Å². The molecule has 0 unspecified atom stereocenters. The van der Waals surface area contributed by atoms with Gasteiger partial charge < -0.3 is 20.2 Å². The summed E-state index contributed by atoms with van der Waals surface area (Å²) in [4.78, 5) is 8.06. The van der Waals surface area contributed by atoms with Crippen molar-refractivity contribution in [3.05, 3.63) is 59.5 Å². The number of fused-ring (bicyclic) bond motifs is 1. The van der Waals surface area contributed by atoms with Crippen molar-refractivity contribution in [3.63, 3.8) is 0 Å². The fraction of sp³-hybridized carbons (Fsp3) is 0.350. The van der Waals surface area contributed by atoms with Crippen LogP contribution in [-0.4, -0.2) is 28.6 Å². The van der Waals surface area contributed by atoms with Gasteiger partial charge in [0.2, 0.25) is 0 Å². The SMILES string of the molecule is CCNC(=NCc1ccn(C)c1)NCCc1c[nH]c2c(C)cccc12. The van der Waals surface area contributed by atoms with Gasteiger partial charge in [0, 0.05) is 49.6 Å². The van der Waals surface area contributed by atoms with Crippen LogP contribution in [0.2, 0.25) is 0 Å². The van der Waals surface area contributed by atoms with Crippen LogP contribution in [0.1, 0.15) is 23.6 Å². The average Bonchev–Trinajstić information content (AvgIpc) is 3.20. The Bertz CT molecular complexity index is 856. The first kappa shape index (κ1) is 17.1. The first-order chi connectivity index (χ1) is 12.2. The molecule has 0 aliphatic carbocycles. The normalized spacial score (nSPS) is 11.9. The van der Waals surface area contributed by atoms with Gasteiger partial charge in [-0.2, -0.15) is 0 Å². The molecule has 0 aliphatic heterocycles. The van der Waals surface area contributed by atoms with Crippen molar-refractivity contribution >= 4 is 16.9 Å². The maximum absolute atomic E-state index is 4.67. The summed E-state index contributed by atoms with van der Waals surface area (Å²) in [5.41, 5.74) is 5.08. The molecule has 0 fully saturated rings. The predicted octanol–water partition coefficient (Wildman–Crippen LogP) is 3.11. The van der Waals surface area contributed by atoms with E-state index >= 15 is 0 Å². The molecule has 132 valence electrons. The van der Waals surface area contributed by atoms with Crippen LogP contribution in [0.3, 0.4) is 0 Å². The highest BCUT2D eigenvalue weighted by Crippen LogP contribution is 2.21. The van der Waals surface area contributed by atoms with Crippen molar-refractivity contribution in [1.82, 2.24) is 20.2 Å². The van der Waals surface area contributed by atoms with Gasteiger partial charge in [0.15, 0.2) is 5.96 Å². The molecule has 5 nitrogen and oxygen atoms in total. The number of nitrogens with one attached hydrogen (secondary N) is 3. The average molecular weight is 337 g/mol. The number of hydrogen-bond acceptors (Lipinski definition) is 1. The highest BCUT2D eigenvalue weighted by atomic mass is 15.2. The zero-order valence-corrected chi connectivity index (χ0v) is 15.3. The molecule has 0 saturated carbocycles. The van der Waals surface area contributed by atoms with E-state index in [4.69, 9.17) is 0 Å². The molecule has 5 heteroatoms. The number of hydrogen-bond donors (Lipinski definition) is 3. The van der Waals surface area contributed by atoms with E-state index in [1.807, 2.05) is 17.8 Å². The third kappa shape index (κ3) is 4.24. The molecular formula is C20H27N5. The molecule has 0 saturated heterocycles. The van der Waals surface area contributed by atoms with Gasteiger partial charge in [0.05, 0.1) is 6.54 Å². The highest BCUT2D eigenvalue weighted by Gasteiger charge is 2.05. The number of aromatic nitrogens is 2. The van der Waals surface area contributed by atoms with Crippen LogP contribution in [-0.2, 0) is 20.0 Å². The van der Waals surface area contributed by atoms with Crippen molar-refractivity contribution in [1.29, 1.82) is 0 Å². The highest BCUT2D eigenvalue weighted by molar-refractivity contribution is 5.86. The van der Waals surface area contributed by atoms with Crippen LogP contribution in [0.15, 0.2) is 47.8 Å². The number of rotatable bonds is 6. The van der Waals surface area contributed by atoms with Crippen molar-refractivity contribution in [2.75, 3.05) is 13.1 Å². The van der Waals surface area contributed by atoms with Crippen LogP contribution in [0.5, 0.6) is 0 Å². The van der Waals surface area contributed by atoms with E-state index < -0.39 is 0 Å². The van der Waals surface area contributed by atoms with Gasteiger partial charge in [-0.05, 0) is 43.0 Å². The third-order valence-electron chi connectivity index (χ3n) is 4.35. The molecule has 25 heavy (non-hydrogen) atoms. The van der Waals surface area contributed by atoms with E-state index in [0.717, 1.165) is 25.5 Å². The number of para-hydroxylation sites is 1. The number of guanidine groups is 1. The lowest BCUT2D eigenvalue weighted by molar-refractivity contribution is 0.801. The largest absolute Gasteiger partial charge is 0.361 e. The molecule has 0 radical (unpaired) electrons. The second kappa shape index (κ2) is 7.92. The summed E-state index contributed by atoms with van der Waals surface area (Å²) in [6.07, 6.45) is 7.22. The Morgan fingerprint density at radius 1 is 1.24 bits per heavy atom. The number of aromatic amines is 1. The lowest BCUT2D eigenvalue weighted by Crippen LogP contribution is -2.38. The van der Waals surface area contributed by atoms with E-state index in [1.54, 1.807) is 0 Å². The Balaban J connectivity index is 1.60. The molecule has 0 amide bonds. The van der Waals surface area contributed by atoms with Gasteiger partial charge in [-0.15, -0.1) is 0 Å². The lowest BCUT2D eigenvalue weighted by atomic mass is 10.1. The van der Waals surface area contributed by atoms with Crippen LogP contribution in [0.25, 0.3) is 10.9 Å². The Morgan fingerprint density at radius 2 is 2.12 bits per heavy atom. The number of benzene rings is 1. The van der Waals surface area contributed by atoms with Gasteiger partial charge in [0.1, 0.15) is 0 Å². The summed E-state index contributed by atoms with van der Waals surface area (Å²) in [6, 6.07) is 8.54. The monoisotopic (exact) mass is 337 g/mol. The summed E-state index contributed by atoms with van der Waals surface area (Å²) < 4.78 is 2.05. The molecule has 0 bridgehead atoms. The minimum absolute atomic E-state index is 0.683. The molecule has 2 aromatic heterocycles. The molecule has 3 rings (SSSR count). The van der Waals surface area contributed by atoms with Crippen LogP contribution in [0, 0.1) is 6.92 Å². The molecule has 3 N–H and O–H groups in total. The number of aryl methyl sites for hydroxylation is 2. The number of H-pyrrole nitrogens is 1. The van der Waals surface area contributed by atoms with Crippen molar-refractivity contribution < 1.29 is 0 Å². The zero-order chi connectivity index (χ0) is 17.6. The molecule has 2 heterocycles. The zero-order valence-electron chi connectivity index (χ0n) is 15.3. The minimum atomic E-state index is 0.683. The van der Waals surface area contributed by atoms with Gasteiger partial charge >= 0.3 is 0 Å². The summed E-state index contributed by atoms with van der Waals surface area (Å²) >= 11 is 0. The summed E-state index contributed by atoms with van der Waals surface area (Å²) in [5, 5.41) is 8.06. The molecule has 0 atom stereocenters. The van der Waals surface area contributed by atoms with Gasteiger partial charge in [-0.3, -0.25) is 0 Å². The second-order valence-corrected chi connectivity index (χ2v) is 6.37. The van der Waals surface area contributed by atoms with E-state index in [9.17, 15) is 0 Å². The van der Waals surface area contributed by atoms with Crippen molar-refractivity contribution in [2.45, 2.75) is 26.8 Å². The smallest absolute Gasteiger partial charge is 0.191 e. The Hall–Kier alpha value is -2.69. The van der Waals surface area contributed by atoms with E-state index in [-0.39, 0.29) is 0 Å². The Morgan fingerprint density at radius 3 is 2.88 bits per heavy atom. The van der Waals surface area contributed by atoms with Gasteiger partial charge in [-0.1, -0.05) is 18.2 Å². The van der Waals surface area contributed by atoms with E-state index in [0.29, 0.717) is 6.54 Å². The lowest BCUT2D eigenvalue weighted by Gasteiger charge is -2.11. The van der Waals surface area contributed by atoms with Crippen molar-refractivity contribution in [3.8, 4) is 0 Å². The van der Waals surface area contributed by atoms with Gasteiger partial charge in [-0.25, -0.2) is 4.99 Å². The quantitative estimate of drug-likeness (QED) is 0.478. The molecular weight excluding hydrogens is 310 g/mol. The summed E-state index contributed by atoms with van der Waals surface area (Å²) in [6.45, 7) is 6.61. The van der Waals surface area contributed by atoms with Crippen LogP contribution in [0.4, 0.5) is 0 Å². The van der Waals surface area contributed by atoms with Gasteiger partial charge in [0.25, 0.3) is 0 Å². The number of aliphatic imine (C=N–C) groups is 1. The fourth-order valence-corrected chi connectivity index (χ4v) is 3.05. The summed E-state index contributed by atoms with van der Waals surface area (Å²) in [5.74, 6) is 0.863. The molecule has 0 spiro atoms. The fourth-order valence-electron chi connectivity index (χ4n) is 3.05. The molecule has 3 aromatic rings. The first-order valence-electron chi connectivity index (χ1n) is 8.86. The number of nitrogens with zero attached hydrogens (tertiary/aromatic N) is 2. The molecule has 0 aliphatic rings. The summed E-state index contributed by atoms with van der Waals surface area (Å²) in [7, 11) is 2.03. The Labute approximate surface area is 149 Å². The van der Waals surface area contributed by atoms with E-state index in [2.05, 4.69) is 71.1 Å². The third-order valence-corrected chi connectivity index (χ3v) is 4.35. The predicted molar refractivity (Wildman–Crippen MR) is 105 cm³/mol. The second-order valence-electron chi connectivity index (χ2n) is 6.37. The van der Waals surface area contributed by atoms with Crippen molar-refractivity contribution in [2.24, 2.45) is 12.0 Å². The van der Waals surface area contributed by atoms with Crippen LogP contribution >= 0.6 is 0 Å². The van der Waals surface area contributed by atoms with E-state index in [1.165, 1.54) is 27.6 Å². The standard InChI is InChI=1S/C20H27N5/c1-4-21-20(24-12-16-9-11-25(3)14-16)22-10-8-17-13-23-19-15(2)6-5-7-18(17)19/h5-7,9,11,13-14,23H,4,8,10,12H2,1-3H3,(H2,21,22,24). The maximum atomic E-state index is 4.67. The minimum Gasteiger partial charge on any atom is -0.361 e. The maximum Gasteiger partial charge on any atom is 0.191 e. The molecule has 1 aromatic carbocycles.